The summed E-state index contributed by atoms with van der Waals surface area (Å²) in [7, 11) is 0. The molecule has 0 bridgehead atoms. The Morgan fingerprint density at radius 2 is 1.52 bits per heavy atom. The molecule has 0 unspecified atom stereocenters. The van der Waals surface area contributed by atoms with E-state index in [4.69, 9.17) is 0 Å². The van der Waals surface area contributed by atoms with Crippen molar-refractivity contribution in [1.82, 2.24) is 9.88 Å². The van der Waals surface area contributed by atoms with Crippen molar-refractivity contribution < 1.29 is 4.39 Å². The van der Waals surface area contributed by atoms with E-state index in [1.54, 1.807) is 0 Å². The van der Waals surface area contributed by atoms with Gasteiger partial charge in [0, 0.05) is 30.2 Å². The zero-order valence-electron chi connectivity index (χ0n) is 15.2. The van der Waals surface area contributed by atoms with Gasteiger partial charge in [-0.05, 0) is 47.9 Å². The van der Waals surface area contributed by atoms with Crippen molar-refractivity contribution in [2.24, 2.45) is 0 Å². The summed E-state index contributed by atoms with van der Waals surface area (Å²) in [5, 5.41) is 4.82. The maximum atomic E-state index is 13.0. The minimum Gasteiger partial charge on any atom is -0.343 e. The Hall–Kier alpha value is -2.91. The second-order valence-electron chi connectivity index (χ2n) is 6.84. The molecular formula is C24H23FN2. The summed E-state index contributed by atoms with van der Waals surface area (Å²) < 4.78 is 15.3. The van der Waals surface area contributed by atoms with Crippen molar-refractivity contribution in [3.8, 4) is 0 Å². The van der Waals surface area contributed by atoms with Crippen LogP contribution >= 0.6 is 0 Å². The van der Waals surface area contributed by atoms with Gasteiger partial charge >= 0.3 is 0 Å². The molecule has 0 amide bonds. The van der Waals surface area contributed by atoms with Crippen LogP contribution in [0.3, 0.4) is 0 Å². The molecule has 27 heavy (non-hydrogen) atoms. The molecule has 0 aliphatic heterocycles. The average molecular weight is 358 g/mol. The number of nitrogens with one attached hydrogen (secondary N) is 1. The van der Waals surface area contributed by atoms with E-state index in [-0.39, 0.29) is 5.82 Å². The van der Waals surface area contributed by atoms with E-state index in [1.165, 1.54) is 34.2 Å². The maximum Gasteiger partial charge on any atom is 0.123 e. The van der Waals surface area contributed by atoms with E-state index < -0.39 is 0 Å². The third kappa shape index (κ3) is 4.26. The molecule has 4 aromatic rings. The van der Waals surface area contributed by atoms with Gasteiger partial charge in [0.25, 0.3) is 0 Å². The van der Waals surface area contributed by atoms with E-state index in [1.807, 2.05) is 18.2 Å². The molecule has 0 aliphatic rings. The number of rotatable bonds is 7. The van der Waals surface area contributed by atoms with E-state index >= 15 is 0 Å². The zero-order chi connectivity index (χ0) is 18.5. The fourth-order valence-corrected chi connectivity index (χ4v) is 3.48. The first kappa shape index (κ1) is 17.5. The number of hydrogen-bond donors (Lipinski definition) is 1. The molecule has 0 radical (unpaired) electrons. The van der Waals surface area contributed by atoms with Crippen LogP contribution in [-0.4, -0.2) is 11.1 Å². The van der Waals surface area contributed by atoms with Gasteiger partial charge in [0.2, 0.25) is 0 Å². The molecule has 136 valence electrons. The Bertz CT molecular complexity index is 1000. The van der Waals surface area contributed by atoms with Crippen molar-refractivity contribution in [2.45, 2.75) is 19.5 Å². The topological polar surface area (TPSA) is 17.0 Å². The number of hydrogen-bond acceptors (Lipinski definition) is 1. The first-order valence-electron chi connectivity index (χ1n) is 9.35. The second kappa shape index (κ2) is 8.19. The van der Waals surface area contributed by atoms with Crippen LogP contribution in [0.1, 0.15) is 16.7 Å². The highest BCUT2D eigenvalue weighted by Gasteiger charge is 2.08. The van der Waals surface area contributed by atoms with Gasteiger partial charge in [0.05, 0.1) is 0 Å². The molecule has 0 fully saturated rings. The molecule has 0 aliphatic carbocycles. The number of para-hydroxylation sites is 1. The summed E-state index contributed by atoms with van der Waals surface area (Å²) in [6, 6.07) is 25.8. The Morgan fingerprint density at radius 3 is 2.33 bits per heavy atom. The van der Waals surface area contributed by atoms with Gasteiger partial charge in [-0.2, -0.15) is 0 Å². The van der Waals surface area contributed by atoms with Gasteiger partial charge in [-0.1, -0.05) is 60.7 Å². The Balaban J connectivity index is 1.44. The van der Waals surface area contributed by atoms with Gasteiger partial charge < -0.3 is 9.88 Å². The highest BCUT2D eigenvalue weighted by Crippen LogP contribution is 2.22. The average Bonchev–Trinajstić information content (AvgIpc) is 3.05. The molecule has 0 spiro atoms. The highest BCUT2D eigenvalue weighted by atomic mass is 19.1. The lowest BCUT2D eigenvalue weighted by Crippen LogP contribution is -2.16. The molecule has 1 aromatic heterocycles. The van der Waals surface area contributed by atoms with Crippen LogP contribution < -0.4 is 5.32 Å². The lowest BCUT2D eigenvalue weighted by Gasteiger charge is -2.05. The molecule has 1 heterocycles. The minimum absolute atomic E-state index is 0.182. The van der Waals surface area contributed by atoms with Gasteiger partial charge in [0.1, 0.15) is 5.82 Å². The summed E-state index contributed by atoms with van der Waals surface area (Å²) in [6.07, 6.45) is 3.14. The van der Waals surface area contributed by atoms with E-state index in [9.17, 15) is 4.39 Å². The largest absolute Gasteiger partial charge is 0.343 e. The Morgan fingerprint density at radius 1 is 0.778 bits per heavy atom. The van der Waals surface area contributed by atoms with Gasteiger partial charge in [-0.25, -0.2) is 4.39 Å². The summed E-state index contributed by atoms with van der Waals surface area (Å²) >= 11 is 0. The molecule has 3 heteroatoms. The summed E-state index contributed by atoms with van der Waals surface area (Å²) in [4.78, 5) is 0. The number of halogens is 1. The molecule has 0 saturated carbocycles. The van der Waals surface area contributed by atoms with E-state index in [2.05, 4.69) is 64.6 Å². The smallest absolute Gasteiger partial charge is 0.123 e. The maximum absolute atomic E-state index is 13.0. The molecule has 3 aromatic carbocycles. The third-order valence-electron chi connectivity index (χ3n) is 4.89. The van der Waals surface area contributed by atoms with Crippen LogP contribution in [0.4, 0.5) is 4.39 Å². The van der Waals surface area contributed by atoms with Gasteiger partial charge in [0.15, 0.2) is 0 Å². The van der Waals surface area contributed by atoms with Crippen molar-refractivity contribution in [1.29, 1.82) is 0 Å². The van der Waals surface area contributed by atoms with Gasteiger partial charge in [-0.3, -0.25) is 0 Å². The SMILES string of the molecule is Fc1ccc(CCNCc2cn(Cc3ccccc3)c3ccccc23)cc1. The number of fused-ring (bicyclic) bond motifs is 1. The quantitative estimate of drug-likeness (QED) is 0.452. The van der Waals surface area contributed by atoms with Crippen molar-refractivity contribution >= 4 is 10.9 Å². The standard InChI is InChI=1S/C24H23FN2/c25-22-12-10-19(11-13-22)14-15-26-16-21-18-27(17-20-6-2-1-3-7-20)24-9-5-4-8-23(21)24/h1-13,18,26H,14-17H2. The highest BCUT2D eigenvalue weighted by molar-refractivity contribution is 5.84. The first-order valence-corrected chi connectivity index (χ1v) is 9.35. The van der Waals surface area contributed by atoms with Crippen molar-refractivity contribution in [3.63, 3.8) is 0 Å². The Labute approximate surface area is 159 Å². The van der Waals surface area contributed by atoms with Gasteiger partial charge in [-0.15, -0.1) is 0 Å². The Kier molecular flexibility index (Phi) is 5.31. The zero-order valence-corrected chi connectivity index (χ0v) is 15.2. The van der Waals surface area contributed by atoms with Crippen molar-refractivity contribution in [3.05, 3.63) is 108 Å². The third-order valence-corrected chi connectivity index (χ3v) is 4.89. The van der Waals surface area contributed by atoms with E-state index in [0.717, 1.165) is 31.6 Å². The van der Waals surface area contributed by atoms with Crippen molar-refractivity contribution in [2.75, 3.05) is 6.54 Å². The summed E-state index contributed by atoms with van der Waals surface area (Å²) in [5.41, 5.74) is 5.02. The monoisotopic (exact) mass is 358 g/mol. The van der Waals surface area contributed by atoms with Crippen LogP contribution in [0.5, 0.6) is 0 Å². The molecule has 4 rings (SSSR count). The number of aromatic nitrogens is 1. The molecule has 0 atom stereocenters. The van der Waals surface area contributed by atoms with E-state index in [0.29, 0.717) is 0 Å². The van der Waals surface area contributed by atoms with Crippen LogP contribution in [0.15, 0.2) is 85.1 Å². The molecular weight excluding hydrogens is 335 g/mol. The second-order valence-corrected chi connectivity index (χ2v) is 6.84. The summed E-state index contributed by atoms with van der Waals surface area (Å²) in [5.74, 6) is -0.182. The van der Waals surface area contributed by atoms with Crippen LogP contribution in [0.2, 0.25) is 0 Å². The number of nitrogens with zero attached hydrogens (tertiary/aromatic N) is 1. The minimum atomic E-state index is -0.182. The summed E-state index contributed by atoms with van der Waals surface area (Å²) in [6.45, 7) is 2.56. The molecule has 2 nitrogen and oxygen atoms in total. The predicted octanol–water partition coefficient (Wildman–Crippen LogP) is 5.16. The number of benzene rings is 3. The lowest BCUT2D eigenvalue weighted by atomic mass is 10.1. The normalized spacial score (nSPS) is 11.1. The lowest BCUT2D eigenvalue weighted by molar-refractivity contribution is 0.626. The predicted molar refractivity (Wildman–Crippen MR) is 109 cm³/mol. The van der Waals surface area contributed by atoms with Crippen LogP contribution in [0, 0.1) is 5.82 Å². The fraction of sp³-hybridized carbons (Fsp3) is 0.167. The van der Waals surface area contributed by atoms with Crippen LogP contribution in [-0.2, 0) is 19.5 Å². The fourth-order valence-electron chi connectivity index (χ4n) is 3.48. The molecule has 1 N–H and O–H groups in total. The van der Waals surface area contributed by atoms with Crippen LogP contribution in [0.25, 0.3) is 10.9 Å². The first-order chi connectivity index (χ1) is 13.3. The molecule has 0 saturated heterocycles.